The molecule has 0 saturated carbocycles. The lowest BCUT2D eigenvalue weighted by Crippen LogP contribution is -2.76. The molecule has 2 atom stereocenters. The Morgan fingerprint density at radius 1 is 1.05 bits per heavy atom. The topological polar surface area (TPSA) is 132 Å². The van der Waals surface area contributed by atoms with Crippen LogP contribution >= 0.6 is 0 Å². The molecule has 12 heteroatoms. The minimum absolute atomic E-state index is 0.0121. The summed E-state index contributed by atoms with van der Waals surface area (Å²) in [6.45, 7) is 0.371. The summed E-state index contributed by atoms with van der Waals surface area (Å²) in [7, 11) is 1.61. The van der Waals surface area contributed by atoms with Gasteiger partial charge in [0.05, 0.1) is 19.5 Å². The van der Waals surface area contributed by atoms with Crippen molar-refractivity contribution in [1.29, 1.82) is 0 Å². The minimum atomic E-state index is -1.24. The Hall–Kier alpha value is -4.32. The number of fused-ring (bicyclic) bond motifs is 2. The molecule has 3 aliphatic rings. The smallest absolute Gasteiger partial charge is 0.334 e. The van der Waals surface area contributed by atoms with Gasteiger partial charge in [-0.3, -0.25) is 14.4 Å². The fraction of sp³-hybridized carbons (Fsp3) is 0.360. The second-order valence-corrected chi connectivity index (χ2v) is 9.11. The van der Waals surface area contributed by atoms with Gasteiger partial charge in [0.2, 0.25) is 18.6 Å². The number of benzene rings is 2. The summed E-state index contributed by atoms with van der Waals surface area (Å²) in [5.41, 5.74) is 1.64. The van der Waals surface area contributed by atoms with E-state index >= 15 is 0 Å². The average Bonchev–Trinajstić information content (AvgIpc) is 3.33. The van der Waals surface area contributed by atoms with Crippen molar-refractivity contribution in [3.05, 3.63) is 59.7 Å². The maximum atomic E-state index is 13.4. The van der Waals surface area contributed by atoms with Gasteiger partial charge in [-0.25, -0.2) is 14.8 Å². The van der Waals surface area contributed by atoms with E-state index in [1.165, 1.54) is 19.8 Å². The van der Waals surface area contributed by atoms with Gasteiger partial charge in [-0.05, 0) is 23.3 Å². The Morgan fingerprint density at radius 2 is 1.81 bits per heavy atom. The third-order valence-electron chi connectivity index (χ3n) is 6.61. The molecule has 12 nitrogen and oxygen atoms in total. The van der Waals surface area contributed by atoms with E-state index in [2.05, 4.69) is 5.32 Å². The fourth-order valence-electron chi connectivity index (χ4n) is 4.93. The maximum absolute atomic E-state index is 13.4. The SMILES string of the molecule is CN1CC(=O)N2[C@@H](CC(=O)O)C(=O)N(Cc3ccc4c(c3)OCO4)C[C@@H]2N1C(=O)NCc1ccccc1. The van der Waals surface area contributed by atoms with E-state index in [0.29, 0.717) is 11.5 Å². The third-order valence-corrected chi connectivity index (χ3v) is 6.61. The largest absolute Gasteiger partial charge is 0.481 e. The van der Waals surface area contributed by atoms with Crippen molar-refractivity contribution < 1.29 is 33.8 Å². The molecule has 2 aromatic rings. The predicted octanol–water partition coefficient (Wildman–Crippen LogP) is 0.828. The highest BCUT2D eigenvalue weighted by molar-refractivity contribution is 5.93. The standard InChI is InChI=1S/C25H27N5O7/c1-27-14-22(31)29-18(10-23(32)33)24(34)28(12-17-7-8-19-20(9-17)37-15-36-19)13-21(29)30(27)25(35)26-11-16-5-3-2-4-6-16/h2-9,18,21H,10-15H2,1H3,(H,26,35)(H,32,33)/t18-,21-/m0/s1. The molecule has 4 amide bonds. The second-order valence-electron chi connectivity index (χ2n) is 9.11. The highest BCUT2D eigenvalue weighted by atomic mass is 16.7. The average molecular weight is 510 g/mol. The molecule has 194 valence electrons. The Bertz CT molecular complexity index is 1220. The van der Waals surface area contributed by atoms with Gasteiger partial charge in [0.15, 0.2) is 11.5 Å². The molecule has 0 aliphatic carbocycles. The molecule has 0 bridgehead atoms. The highest BCUT2D eigenvalue weighted by Crippen LogP contribution is 2.34. The Labute approximate surface area is 212 Å². The molecular weight excluding hydrogens is 482 g/mol. The van der Waals surface area contributed by atoms with E-state index in [1.807, 2.05) is 30.3 Å². The van der Waals surface area contributed by atoms with Gasteiger partial charge in [-0.2, -0.15) is 0 Å². The van der Waals surface area contributed by atoms with E-state index in [4.69, 9.17) is 9.47 Å². The van der Waals surface area contributed by atoms with Crippen LogP contribution in [0.25, 0.3) is 0 Å². The number of hydrazine groups is 1. The number of carboxylic acids is 1. The van der Waals surface area contributed by atoms with Crippen LogP contribution in [0.2, 0.25) is 0 Å². The Morgan fingerprint density at radius 3 is 2.57 bits per heavy atom. The molecule has 2 saturated heterocycles. The van der Waals surface area contributed by atoms with Crippen LogP contribution < -0.4 is 14.8 Å². The zero-order valence-corrected chi connectivity index (χ0v) is 20.2. The Kier molecular flexibility index (Phi) is 6.57. The van der Waals surface area contributed by atoms with Crippen LogP contribution in [-0.4, -0.2) is 87.9 Å². The van der Waals surface area contributed by atoms with Crippen molar-refractivity contribution in [1.82, 2.24) is 25.1 Å². The van der Waals surface area contributed by atoms with Crippen molar-refractivity contribution >= 4 is 23.8 Å². The van der Waals surface area contributed by atoms with Crippen molar-refractivity contribution in [3.8, 4) is 11.5 Å². The van der Waals surface area contributed by atoms with Crippen molar-refractivity contribution in [3.63, 3.8) is 0 Å². The zero-order valence-electron chi connectivity index (χ0n) is 20.2. The van der Waals surface area contributed by atoms with Crippen molar-refractivity contribution in [2.24, 2.45) is 0 Å². The number of hydrogen-bond donors (Lipinski definition) is 2. The van der Waals surface area contributed by atoms with Crippen LogP contribution in [0.1, 0.15) is 17.5 Å². The third kappa shape index (κ3) is 4.87. The monoisotopic (exact) mass is 509 g/mol. The van der Waals surface area contributed by atoms with Gasteiger partial charge in [0, 0.05) is 20.1 Å². The van der Waals surface area contributed by atoms with Gasteiger partial charge in [0.1, 0.15) is 12.2 Å². The number of hydrogen-bond acceptors (Lipinski definition) is 7. The number of likely N-dealkylation sites (N-methyl/N-ethyl adjacent to an activating group) is 1. The number of amides is 4. The Balaban J connectivity index is 1.41. The molecular formula is C25H27N5O7. The van der Waals surface area contributed by atoms with Crippen LogP contribution in [0.15, 0.2) is 48.5 Å². The molecule has 0 radical (unpaired) electrons. The number of rotatable bonds is 6. The van der Waals surface area contributed by atoms with E-state index in [0.717, 1.165) is 11.1 Å². The molecule has 3 heterocycles. The van der Waals surface area contributed by atoms with Gasteiger partial charge in [0.25, 0.3) is 0 Å². The lowest BCUT2D eigenvalue weighted by atomic mass is 10.0. The number of urea groups is 1. The summed E-state index contributed by atoms with van der Waals surface area (Å²) < 4.78 is 10.8. The number of carboxylic acid groups (broad SMARTS) is 1. The quantitative estimate of drug-likeness (QED) is 0.585. The van der Waals surface area contributed by atoms with Crippen molar-refractivity contribution in [2.45, 2.75) is 31.7 Å². The molecule has 3 aliphatic heterocycles. The minimum Gasteiger partial charge on any atom is -0.481 e. The molecule has 2 aromatic carbocycles. The number of carbonyl (C=O) groups excluding carboxylic acids is 3. The summed E-state index contributed by atoms with van der Waals surface area (Å²) in [4.78, 5) is 54.2. The van der Waals surface area contributed by atoms with E-state index in [-0.39, 0.29) is 33.0 Å². The van der Waals surface area contributed by atoms with Gasteiger partial charge < -0.3 is 29.7 Å². The summed E-state index contributed by atoms with van der Waals surface area (Å²) in [5, 5.41) is 15.3. The number of carbonyl (C=O) groups is 4. The summed E-state index contributed by atoms with van der Waals surface area (Å²) in [6.07, 6.45) is -1.44. The molecule has 37 heavy (non-hydrogen) atoms. The lowest BCUT2D eigenvalue weighted by molar-refractivity contribution is -0.189. The second kappa shape index (κ2) is 9.97. The van der Waals surface area contributed by atoms with Gasteiger partial charge in [-0.15, -0.1) is 0 Å². The summed E-state index contributed by atoms with van der Waals surface area (Å²) >= 11 is 0. The first-order valence-corrected chi connectivity index (χ1v) is 11.8. The highest BCUT2D eigenvalue weighted by Gasteiger charge is 2.51. The number of ether oxygens (including phenoxy) is 2. The lowest BCUT2D eigenvalue weighted by Gasteiger charge is -2.54. The first-order valence-electron chi connectivity index (χ1n) is 11.8. The zero-order chi connectivity index (χ0) is 26.1. The summed E-state index contributed by atoms with van der Waals surface area (Å²) in [6, 6.07) is 13.0. The van der Waals surface area contributed by atoms with E-state index < -0.39 is 42.4 Å². The van der Waals surface area contributed by atoms with Crippen LogP contribution in [0.4, 0.5) is 4.79 Å². The first-order chi connectivity index (χ1) is 17.8. The number of aliphatic carboxylic acids is 1. The molecule has 0 aromatic heterocycles. The fourth-order valence-corrected chi connectivity index (χ4v) is 4.93. The van der Waals surface area contributed by atoms with Gasteiger partial charge in [-0.1, -0.05) is 36.4 Å². The first kappa shape index (κ1) is 24.4. The van der Waals surface area contributed by atoms with Crippen LogP contribution in [0.3, 0.4) is 0 Å². The summed E-state index contributed by atoms with van der Waals surface area (Å²) in [5.74, 6) is -0.959. The van der Waals surface area contributed by atoms with E-state index in [9.17, 15) is 24.3 Å². The predicted molar refractivity (Wildman–Crippen MR) is 128 cm³/mol. The normalized spacial score (nSPS) is 21.2. The molecule has 0 unspecified atom stereocenters. The van der Waals surface area contributed by atoms with E-state index in [1.54, 1.807) is 25.2 Å². The van der Waals surface area contributed by atoms with Gasteiger partial charge >= 0.3 is 12.0 Å². The molecule has 5 rings (SSSR count). The van der Waals surface area contributed by atoms with Crippen molar-refractivity contribution in [2.75, 3.05) is 26.9 Å². The maximum Gasteiger partial charge on any atom is 0.334 e. The van der Waals surface area contributed by atoms with Crippen LogP contribution in [0.5, 0.6) is 11.5 Å². The molecule has 2 fully saturated rings. The number of nitrogens with one attached hydrogen (secondary N) is 1. The number of piperazine rings is 1. The molecule has 0 spiro atoms. The number of nitrogens with zero attached hydrogens (tertiary/aromatic N) is 4. The van der Waals surface area contributed by atoms with Crippen LogP contribution in [-0.2, 0) is 27.5 Å². The molecule has 2 N–H and O–H groups in total. The van der Waals surface area contributed by atoms with Crippen LogP contribution in [0, 0.1) is 0 Å².